The highest BCUT2D eigenvalue weighted by Gasteiger charge is 2.08. The van der Waals surface area contributed by atoms with Gasteiger partial charge in [-0.1, -0.05) is 0 Å². The van der Waals surface area contributed by atoms with Crippen molar-refractivity contribution in [2.45, 2.75) is 19.1 Å². The fourth-order valence-corrected chi connectivity index (χ4v) is 0.310. The maximum absolute atomic E-state index is 8.75. The molecule has 3 nitrogen and oxygen atoms in total. The van der Waals surface area contributed by atoms with Crippen molar-refractivity contribution >= 4 is 0 Å². The molecule has 0 fully saturated rings. The van der Waals surface area contributed by atoms with Crippen LogP contribution in [0, 0.1) is 0 Å². The minimum Gasteiger partial charge on any atom is -0.391 e. The fraction of sp³-hybridized carbons (Fsp3) is 1.00. The molecule has 0 heterocycles. The van der Waals surface area contributed by atoms with Crippen LogP contribution in [-0.2, 0) is 4.74 Å². The van der Waals surface area contributed by atoms with Gasteiger partial charge in [0.15, 0.2) is 0 Å². The highest BCUT2D eigenvalue weighted by molar-refractivity contribution is 4.58. The molecular weight excluding hydrogens is 108 g/mol. The quantitative estimate of drug-likeness (QED) is 0.521. The molecule has 0 unspecified atom stereocenters. The summed E-state index contributed by atoms with van der Waals surface area (Å²) in [6.45, 7) is 1.71. The predicted molar refractivity (Wildman–Crippen MR) is 29.6 cm³/mol. The molecule has 0 aliphatic heterocycles. The number of rotatable bonds is 3. The number of aliphatic hydroxyl groups is 2. The monoisotopic (exact) mass is 120 g/mol. The van der Waals surface area contributed by atoms with E-state index in [1.807, 2.05) is 0 Å². The third-order valence-corrected chi connectivity index (χ3v) is 0.894. The highest BCUT2D eigenvalue weighted by Crippen LogP contribution is 1.90. The Labute approximate surface area is 48.9 Å². The van der Waals surface area contributed by atoms with E-state index in [9.17, 15) is 0 Å². The minimum atomic E-state index is -0.750. The van der Waals surface area contributed by atoms with Crippen molar-refractivity contribution in [3.8, 4) is 0 Å². The average Bonchev–Trinajstić information content (AvgIpc) is 1.67. The Morgan fingerprint density at radius 2 is 2.00 bits per heavy atom. The Balaban J connectivity index is 3.17. The van der Waals surface area contributed by atoms with E-state index < -0.39 is 12.2 Å². The van der Waals surface area contributed by atoms with E-state index in [-0.39, 0.29) is 6.61 Å². The van der Waals surface area contributed by atoms with E-state index in [1.165, 1.54) is 14.0 Å². The Hall–Kier alpha value is -0.120. The molecule has 2 atom stereocenters. The molecule has 0 bridgehead atoms. The lowest BCUT2D eigenvalue weighted by atomic mass is 10.2. The van der Waals surface area contributed by atoms with Crippen LogP contribution < -0.4 is 0 Å². The molecule has 50 valence electrons. The second-order valence-corrected chi connectivity index (χ2v) is 1.76. The van der Waals surface area contributed by atoms with E-state index in [1.54, 1.807) is 0 Å². The van der Waals surface area contributed by atoms with Crippen LogP contribution in [0.1, 0.15) is 6.92 Å². The first-order chi connectivity index (χ1) is 3.68. The number of hydrogen-bond donors (Lipinski definition) is 2. The van der Waals surface area contributed by atoms with Gasteiger partial charge in [-0.15, -0.1) is 0 Å². The largest absolute Gasteiger partial charge is 0.391 e. The van der Waals surface area contributed by atoms with Crippen LogP contribution in [0.5, 0.6) is 0 Å². The highest BCUT2D eigenvalue weighted by atomic mass is 16.5. The van der Waals surface area contributed by atoms with Gasteiger partial charge in [-0.2, -0.15) is 0 Å². The SMILES string of the molecule is COC[C@H](O)[C@H](C)O. The summed E-state index contributed by atoms with van der Waals surface area (Å²) in [5, 5.41) is 17.4. The summed E-state index contributed by atoms with van der Waals surface area (Å²) in [6, 6.07) is 0. The summed E-state index contributed by atoms with van der Waals surface area (Å²) in [7, 11) is 1.48. The first-order valence-electron chi connectivity index (χ1n) is 2.53. The number of hydrogen-bond acceptors (Lipinski definition) is 3. The molecule has 0 amide bonds. The molecule has 0 saturated carbocycles. The summed E-state index contributed by atoms with van der Waals surface area (Å²) in [5.74, 6) is 0. The van der Waals surface area contributed by atoms with E-state index in [0.717, 1.165) is 0 Å². The third kappa shape index (κ3) is 2.96. The first kappa shape index (κ1) is 7.88. The van der Waals surface area contributed by atoms with Crippen molar-refractivity contribution < 1.29 is 14.9 Å². The smallest absolute Gasteiger partial charge is 0.103 e. The molecule has 8 heavy (non-hydrogen) atoms. The maximum atomic E-state index is 8.75. The van der Waals surface area contributed by atoms with Gasteiger partial charge in [-0.3, -0.25) is 0 Å². The van der Waals surface area contributed by atoms with Gasteiger partial charge >= 0.3 is 0 Å². The standard InChI is InChI=1S/C5H12O3/c1-4(6)5(7)3-8-2/h4-7H,3H2,1-2H3/t4-,5-/m0/s1. The summed E-state index contributed by atoms with van der Waals surface area (Å²) >= 11 is 0. The summed E-state index contributed by atoms with van der Waals surface area (Å²) in [6.07, 6.45) is -1.45. The summed E-state index contributed by atoms with van der Waals surface area (Å²) in [4.78, 5) is 0. The molecule has 2 N–H and O–H groups in total. The van der Waals surface area contributed by atoms with Crippen LogP contribution in [0.15, 0.2) is 0 Å². The lowest BCUT2D eigenvalue weighted by Crippen LogP contribution is -2.26. The van der Waals surface area contributed by atoms with Gasteiger partial charge < -0.3 is 14.9 Å². The van der Waals surface area contributed by atoms with Gasteiger partial charge in [0.2, 0.25) is 0 Å². The first-order valence-corrected chi connectivity index (χ1v) is 2.53. The molecule has 3 heteroatoms. The Bertz CT molecular complexity index is 53.6. The fourth-order valence-electron chi connectivity index (χ4n) is 0.310. The van der Waals surface area contributed by atoms with Gasteiger partial charge in [0.1, 0.15) is 6.10 Å². The van der Waals surface area contributed by atoms with Gasteiger partial charge in [0.25, 0.3) is 0 Å². The second kappa shape index (κ2) is 3.83. The molecule has 0 aromatic carbocycles. The predicted octanol–water partition coefficient (Wildman–Crippen LogP) is -0.625. The lowest BCUT2D eigenvalue weighted by Gasteiger charge is -2.10. The Morgan fingerprint density at radius 1 is 1.50 bits per heavy atom. The molecule has 0 saturated heterocycles. The molecular formula is C5H12O3. The van der Waals surface area contributed by atoms with Gasteiger partial charge in [0.05, 0.1) is 12.7 Å². The average molecular weight is 120 g/mol. The van der Waals surface area contributed by atoms with Crippen LogP contribution in [0.25, 0.3) is 0 Å². The zero-order chi connectivity index (χ0) is 6.57. The summed E-state index contributed by atoms with van der Waals surface area (Å²) < 4.78 is 4.55. The van der Waals surface area contributed by atoms with Crippen molar-refractivity contribution in [1.29, 1.82) is 0 Å². The van der Waals surface area contributed by atoms with Crippen molar-refractivity contribution in [3.63, 3.8) is 0 Å². The number of aliphatic hydroxyl groups excluding tert-OH is 2. The van der Waals surface area contributed by atoms with Crippen molar-refractivity contribution in [2.24, 2.45) is 0 Å². The van der Waals surface area contributed by atoms with Crippen LogP contribution >= 0.6 is 0 Å². The molecule has 0 aromatic rings. The minimum absolute atomic E-state index is 0.192. The lowest BCUT2D eigenvalue weighted by molar-refractivity contribution is -0.0173. The zero-order valence-electron chi connectivity index (χ0n) is 5.16. The Morgan fingerprint density at radius 3 is 2.12 bits per heavy atom. The Kier molecular flexibility index (Phi) is 3.77. The molecule has 0 aliphatic carbocycles. The molecule has 0 spiro atoms. The van der Waals surface area contributed by atoms with Crippen LogP contribution in [-0.4, -0.2) is 36.1 Å². The van der Waals surface area contributed by atoms with E-state index in [0.29, 0.717) is 0 Å². The van der Waals surface area contributed by atoms with Crippen LogP contribution in [0.4, 0.5) is 0 Å². The van der Waals surface area contributed by atoms with Crippen LogP contribution in [0.2, 0.25) is 0 Å². The topological polar surface area (TPSA) is 49.7 Å². The second-order valence-electron chi connectivity index (χ2n) is 1.76. The van der Waals surface area contributed by atoms with Crippen LogP contribution in [0.3, 0.4) is 0 Å². The van der Waals surface area contributed by atoms with E-state index in [2.05, 4.69) is 4.74 Å². The normalized spacial score (nSPS) is 18.0. The van der Waals surface area contributed by atoms with Gasteiger partial charge in [-0.05, 0) is 6.92 Å². The number of methoxy groups -OCH3 is 1. The molecule has 0 aliphatic rings. The van der Waals surface area contributed by atoms with Crippen molar-refractivity contribution in [3.05, 3.63) is 0 Å². The third-order valence-electron chi connectivity index (χ3n) is 0.894. The van der Waals surface area contributed by atoms with E-state index in [4.69, 9.17) is 10.2 Å². The van der Waals surface area contributed by atoms with E-state index >= 15 is 0 Å². The molecule has 0 aromatic heterocycles. The van der Waals surface area contributed by atoms with Gasteiger partial charge in [0, 0.05) is 7.11 Å². The summed E-state index contributed by atoms with van der Waals surface area (Å²) in [5.41, 5.74) is 0. The van der Waals surface area contributed by atoms with Gasteiger partial charge in [-0.25, -0.2) is 0 Å². The maximum Gasteiger partial charge on any atom is 0.103 e. The molecule has 0 radical (unpaired) electrons. The van der Waals surface area contributed by atoms with Crippen molar-refractivity contribution in [1.82, 2.24) is 0 Å². The number of ether oxygens (including phenoxy) is 1. The zero-order valence-corrected chi connectivity index (χ0v) is 5.16. The van der Waals surface area contributed by atoms with Crippen molar-refractivity contribution in [2.75, 3.05) is 13.7 Å². The molecule has 0 rings (SSSR count).